The molecule has 0 aliphatic rings. The van der Waals surface area contributed by atoms with Gasteiger partial charge in [-0.3, -0.25) is 15.6 Å². The predicted molar refractivity (Wildman–Crippen MR) is 85.3 cm³/mol. The van der Waals surface area contributed by atoms with Gasteiger partial charge in [-0.25, -0.2) is 4.98 Å². The van der Waals surface area contributed by atoms with Crippen molar-refractivity contribution >= 4 is 45.1 Å². The van der Waals surface area contributed by atoms with E-state index in [1.807, 2.05) is 24.3 Å². The van der Waals surface area contributed by atoms with Crippen LogP contribution in [0.4, 0.5) is 11.5 Å². The molecule has 1 heterocycles. The van der Waals surface area contributed by atoms with E-state index in [-0.39, 0.29) is 5.91 Å². The van der Waals surface area contributed by atoms with Gasteiger partial charge in [0.15, 0.2) is 0 Å². The average molecular weight is 353 g/mol. The number of thioether (sulfide) groups is 1. The van der Waals surface area contributed by atoms with Crippen molar-refractivity contribution in [3.8, 4) is 0 Å². The third kappa shape index (κ3) is 4.43. The fourth-order valence-corrected chi connectivity index (χ4v) is 2.84. The van der Waals surface area contributed by atoms with E-state index in [9.17, 15) is 4.79 Å². The summed E-state index contributed by atoms with van der Waals surface area (Å²) in [5.74, 6) is 0.756. The largest absolute Gasteiger partial charge is 0.399 e. The van der Waals surface area contributed by atoms with Gasteiger partial charge in [0.05, 0.1) is 5.75 Å². The molecule has 20 heavy (non-hydrogen) atoms. The maximum Gasteiger partial charge on any atom is 0.248 e. The van der Waals surface area contributed by atoms with Gasteiger partial charge in [0.1, 0.15) is 5.82 Å². The molecule has 0 saturated carbocycles. The standard InChI is InChI=1S/C13H13BrN4OS/c14-10-7-9(15)4-5-11(10)20-8-13(19)18-17-12-3-1-2-6-16-12/h1-7H,8,15H2,(H,16,17)(H,18,19). The van der Waals surface area contributed by atoms with Crippen LogP contribution in [0.25, 0.3) is 0 Å². The Balaban J connectivity index is 1.80. The number of benzene rings is 1. The van der Waals surface area contributed by atoms with Crippen LogP contribution in [0.5, 0.6) is 0 Å². The summed E-state index contributed by atoms with van der Waals surface area (Å²) in [5.41, 5.74) is 11.7. The van der Waals surface area contributed by atoms with Gasteiger partial charge in [0.2, 0.25) is 5.91 Å². The Kier molecular flexibility index (Phi) is 5.25. The van der Waals surface area contributed by atoms with Crippen molar-refractivity contribution in [2.24, 2.45) is 0 Å². The summed E-state index contributed by atoms with van der Waals surface area (Å²) in [6.07, 6.45) is 1.65. The monoisotopic (exact) mass is 352 g/mol. The van der Waals surface area contributed by atoms with E-state index in [0.717, 1.165) is 9.37 Å². The normalized spacial score (nSPS) is 10.1. The van der Waals surface area contributed by atoms with E-state index in [0.29, 0.717) is 17.3 Å². The summed E-state index contributed by atoms with van der Waals surface area (Å²) in [6.45, 7) is 0. The fraction of sp³-hybridized carbons (Fsp3) is 0.0769. The van der Waals surface area contributed by atoms with Crippen molar-refractivity contribution in [1.82, 2.24) is 10.4 Å². The van der Waals surface area contributed by atoms with E-state index >= 15 is 0 Å². The number of nitrogen functional groups attached to an aromatic ring is 1. The molecule has 0 atom stereocenters. The Labute approximate surface area is 129 Å². The van der Waals surface area contributed by atoms with Crippen molar-refractivity contribution in [3.63, 3.8) is 0 Å². The van der Waals surface area contributed by atoms with Crippen molar-refractivity contribution in [1.29, 1.82) is 0 Å². The van der Waals surface area contributed by atoms with Gasteiger partial charge in [0, 0.05) is 21.3 Å². The molecule has 5 nitrogen and oxygen atoms in total. The molecule has 1 aromatic carbocycles. The lowest BCUT2D eigenvalue weighted by atomic mass is 10.3. The first-order valence-electron chi connectivity index (χ1n) is 5.79. The number of hydrogen-bond donors (Lipinski definition) is 3. The Morgan fingerprint density at radius 2 is 2.20 bits per heavy atom. The zero-order valence-corrected chi connectivity index (χ0v) is 12.9. The molecule has 0 aliphatic heterocycles. The first kappa shape index (κ1) is 14.7. The molecule has 0 saturated heterocycles. The fourth-order valence-electron chi connectivity index (χ4n) is 1.38. The molecule has 104 valence electrons. The second-order valence-corrected chi connectivity index (χ2v) is 5.74. The molecule has 0 aliphatic carbocycles. The quantitative estimate of drug-likeness (QED) is 0.438. The number of carbonyl (C=O) groups excluding carboxylic acids is 1. The number of pyridine rings is 1. The number of halogens is 1. The van der Waals surface area contributed by atoms with E-state index in [2.05, 4.69) is 31.8 Å². The summed E-state index contributed by atoms with van der Waals surface area (Å²) < 4.78 is 0.882. The molecular formula is C13H13BrN4OS. The van der Waals surface area contributed by atoms with Crippen LogP contribution in [-0.4, -0.2) is 16.6 Å². The number of nitrogens with one attached hydrogen (secondary N) is 2. The zero-order valence-electron chi connectivity index (χ0n) is 10.5. The summed E-state index contributed by atoms with van der Waals surface area (Å²) >= 11 is 4.84. The molecule has 0 radical (unpaired) electrons. The molecule has 0 unspecified atom stereocenters. The Morgan fingerprint density at radius 1 is 1.35 bits per heavy atom. The lowest BCUT2D eigenvalue weighted by Crippen LogP contribution is -2.31. The Morgan fingerprint density at radius 3 is 2.90 bits per heavy atom. The van der Waals surface area contributed by atoms with Crippen molar-refractivity contribution in [3.05, 3.63) is 47.1 Å². The van der Waals surface area contributed by atoms with Crippen LogP contribution in [0.3, 0.4) is 0 Å². The highest BCUT2D eigenvalue weighted by atomic mass is 79.9. The topological polar surface area (TPSA) is 80.0 Å². The van der Waals surface area contributed by atoms with Crippen LogP contribution in [0.2, 0.25) is 0 Å². The number of hydrazine groups is 1. The van der Waals surface area contributed by atoms with Gasteiger partial charge in [-0.05, 0) is 46.3 Å². The summed E-state index contributed by atoms with van der Waals surface area (Å²) in [4.78, 5) is 16.7. The lowest BCUT2D eigenvalue weighted by molar-refractivity contribution is -0.118. The Hall–Kier alpha value is -1.73. The summed E-state index contributed by atoms with van der Waals surface area (Å²) in [5, 5.41) is 0. The molecule has 7 heteroatoms. The smallest absolute Gasteiger partial charge is 0.248 e. The maximum atomic E-state index is 11.7. The second-order valence-electron chi connectivity index (χ2n) is 3.87. The predicted octanol–water partition coefficient (Wildman–Crippen LogP) is 2.66. The number of anilines is 2. The van der Waals surface area contributed by atoms with Gasteiger partial charge < -0.3 is 5.73 Å². The molecule has 2 rings (SSSR count). The van der Waals surface area contributed by atoms with Crippen molar-refractivity contribution in [2.75, 3.05) is 16.9 Å². The SMILES string of the molecule is Nc1ccc(SCC(=O)NNc2ccccn2)c(Br)c1. The number of rotatable bonds is 5. The lowest BCUT2D eigenvalue weighted by Gasteiger charge is -2.08. The molecule has 4 N–H and O–H groups in total. The van der Waals surface area contributed by atoms with E-state index in [1.54, 1.807) is 18.3 Å². The number of carbonyl (C=O) groups is 1. The number of aromatic nitrogens is 1. The van der Waals surface area contributed by atoms with Gasteiger partial charge in [-0.15, -0.1) is 11.8 Å². The number of nitrogens with zero attached hydrogens (tertiary/aromatic N) is 1. The van der Waals surface area contributed by atoms with Gasteiger partial charge in [0.25, 0.3) is 0 Å². The minimum atomic E-state index is -0.135. The van der Waals surface area contributed by atoms with Crippen molar-refractivity contribution < 1.29 is 4.79 Å². The van der Waals surface area contributed by atoms with Crippen LogP contribution in [0.1, 0.15) is 0 Å². The summed E-state index contributed by atoms with van der Waals surface area (Å²) in [6, 6.07) is 10.9. The van der Waals surface area contributed by atoms with Gasteiger partial charge in [-0.2, -0.15) is 0 Å². The highest BCUT2D eigenvalue weighted by Crippen LogP contribution is 2.28. The molecular weight excluding hydrogens is 340 g/mol. The Bertz CT molecular complexity index is 594. The number of nitrogens with two attached hydrogens (primary N) is 1. The molecule has 0 spiro atoms. The zero-order chi connectivity index (χ0) is 14.4. The molecule has 2 aromatic rings. The highest BCUT2D eigenvalue weighted by molar-refractivity contribution is 9.10. The van der Waals surface area contributed by atoms with Crippen LogP contribution < -0.4 is 16.6 Å². The van der Waals surface area contributed by atoms with Crippen LogP contribution >= 0.6 is 27.7 Å². The first-order valence-corrected chi connectivity index (χ1v) is 7.57. The van der Waals surface area contributed by atoms with Crippen LogP contribution in [0, 0.1) is 0 Å². The molecule has 1 amide bonds. The molecule has 0 bridgehead atoms. The minimum Gasteiger partial charge on any atom is -0.399 e. The molecule has 0 fully saturated rings. The van der Waals surface area contributed by atoms with Crippen LogP contribution in [-0.2, 0) is 4.79 Å². The first-order chi connectivity index (χ1) is 9.65. The number of hydrogen-bond acceptors (Lipinski definition) is 5. The number of amides is 1. The van der Waals surface area contributed by atoms with E-state index in [1.165, 1.54) is 11.8 Å². The maximum absolute atomic E-state index is 11.7. The van der Waals surface area contributed by atoms with Crippen molar-refractivity contribution in [2.45, 2.75) is 4.90 Å². The molecule has 1 aromatic heterocycles. The second kappa shape index (κ2) is 7.16. The highest BCUT2D eigenvalue weighted by Gasteiger charge is 2.06. The average Bonchev–Trinajstić information content (AvgIpc) is 2.45. The van der Waals surface area contributed by atoms with E-state index in [4.69, 9.17) is 5.73 Å². The minimum absolute atomic E-state index is 0.135. The summed E-state index contributed by atoms with van der Waals surface area (Å²) in [7, 11) is 0. The van der Waals surface area contributed by atoms with Crippen LogP contribution in [0.15, 0.2) is 52.0 Å². The third-order valence-electron chi connectivity index (χ3n) is 2.31. The third-order valence-corrected chi connectivity index (χ3v) is 4.30. The van der Waals surface area contributed by atoms with Gasteiger partial charge in [-0.1, -0.05) is 6.07 Å². The van der Waals surface area contributed by atoms with E-state index < -0.39 is 0 Å². The van der Waals surface area contributed by atoms with Gasteiger partial charge >= 0.3 is 0 Å².